The molecule has 0 N–H and O–H groups in total. The fraction of sp³-hybridized carbons (Fsp3) is 0.714. The second kappa shape index (κ2) is 3.83. The normalized spacial score (nSPS) is 16.6. The second-order valence-electron chi connectivity index (χ2n) is 6.08. The fourth-order valence-electron chi connectivity index (χ4n) is 2.21. The highest BCUT2D eigenvalue weighted by Gasteiger charge is 2.28. The van der Waals surface area contributed by atoms with E-state index in [1.165, 1.54) is 36.2 Å². The number of aryl methyl sites for hydroxylation is 2. The van der Waals surface area contributed by atoms with Gasteiger partial charge < -0.3 is 0 Å². The minimum absolute atomic E-state index is 0.128. The molecule has 0 bridgehead atoms. The first-order valence-electron chi connectivity index (χ1n) is 6.22. The average Bonchev–Trinajstić information content (AvgIpc) is 2.91. The molecule has 0 atom stereocenters. The van der Waals surface area contributed by atoms with Crippen LogP contribution in [0.4, 0.5) is 0 Å². The van der Waals surface area contributed by atoms with Crippen molar-refractivity contribution >= 4 is 0 Å². The molecule has 0 unspecified atom stereocenters. The fourth-order valence-corrected chi connectivity index (χ4v) is 2.21. The molecule has 88 valence electrons. The van der Waals surface area contributed by atoms with Gasteiger partial charge in [-0.3, -0.25) is 0 Å². The van der Waals surface area contributed by atoms with Gasteiger partial charge in [-0.1, -0.05) is 20.8 Å². The first-order chi connectivity index (χ1) is 7.38. The summed E-state index contributed by atoms with van der Waals surface area (Å²) in [5.74, 6) is 1.80. The SMILES string of the molecule is Cc1nc(C)c(CC2CC2)c(C(C)(C)C)n1. The third-order valence-corrected chi connectivity index (χ3v) is 3.23. The Hall–Kier alpha value is -0.920. The summed E-state index contributed by atoms with van der Waals surface area (Å²) in [6.07, 6.45) is 3.95. The first kappa shape index (κ1) is 11.6. The van der Waals surface area contributed by atoms with Crippen LogP contribution in [-0.4, -0.2) is 9.97 Å². The smallest absolute Gasteiger partial charge is 0.125 e. The largest absolute Gasteiger partial charge is 0.238 e. The van der Waals surface area contributed by atoms with Gasteiger partial charge in [0.15, 0.2) is 0 Å². The summed E-state index contributed by atoms with van der Waals surface area (Å²) in [5.41, 5.74) is 3.97. The number of hydrogen-bond acceptors (Lipinski definition) is 2. The molecule has 1 aliphatic carbocycles. The van der Waals surface area contributed by atoms with Gasteiger partial charge in [-0.15, -0.1) is 0 Å². The van der Waals surface area contributed by atoms with Crippen LogP contribution in [0.25, 0.3) is 0 Å². The highest BCUT2D eigenvalue weighted by molar-refractivity contribution is 5.31. The topological polar surface area (TPSA) is 25.8 Å². The van der Waals surface area contributed by atoms with E-state index in [-0.39, 0.29) is 5.41 Å². The number of hydrogen-bond donors (Lipinski definition) is 0. The maximum atomic E-state index is 4.67. The Morgan fingerprint density at radius 3 is 2.25 bits per heavy atom. The quantitative estimate of drug-likeness (QED) is 0.761. The van der Waals surface area contributed by atoms with Crippen LogP contribution in [0.3, 0.4) is 0 Å². The summed E-state index contributed by atoms with van der Waals surface area (Å²) in [7, 11) is 0. The molecular formula is C14H22N2. The molecule has 0 saturated heterocycles. The summed E-state index contributed by atoms with van der Waals surface area (Å²) in [6, 6.07) is 0. The molecule has 0 aromatic carbocycles. The number of nitrogens with zero attached hydrogens (tertiary/aromatic N) is 2. The van der Waals surface area contributed by atoms with Crippen molar-refractivity contribution in [2.24, 2.45) is 5.92 Å². The molecule has 1 fully saturated rings. The Balaban J connectivity index is 2.45. The zero-order valence-corrected chi connectivity index (χ0v) is 11.1. The van der Waals surface area contributed by atoms with E-state index < -0.39 is 0 Å². The predicted molar refractivity (Wildman–Crippen MR) is 66.6 cm³/mol. The van der Waals surface area contributed by atoms with Crippen LogP contribution in [0.2, 0.25) is 0 Å². The summed E-state index contributed by atoms with van der Waals surface area (Å²) < 4.78 is 0. The van der Waals surface area contributed by atoms with E-state index in [0.717, 1.165) is 11.7 Å². The van der Waals surface area contributed by atoms with E-state index >= 15 is 0 Å². The van der Waals surface area contributed by atoms with Gasteiger partial charge in [0, 0.05) is 11.1 Å². The molecule has 2 heteroatoms. The lowest BCUT2D eigenvalue weighted by Gasteiger charge is -2.23. The van der Waals surface area contributed by atoms with Crippen LogP contribution in [0.1, 0.15) is 56.4 Å². The van der Waals surface area contributed by atoms with Crippen molar-refractivity contribution in [3.05, 3.63) is 22.8 Å². The molecule has 16 heavy (non-hydrogen) atoms. The third-order valence-electron chi connectivity index (χ3n) is 3.23. The van der Waals surface area contributed by atoms with E-state index in [0.29, 0.717) is 0 Å². The Morgan fingerprint density at radius 2 is 1.75 bits per heavy atom. The summed E-state index contributed by atoms with van der Waals surface area (Å²) in [4.78, 5) is 9.19. The molecule has 2 nitrogen and oxygen atoms in total. The summed E-state index contributed by atoms with van der Waals surface area (Å²) in [5, 5.41) is 0. The molecule has 0 aliphatic heterocycles. The molecule has 1 aromatic heterocycles. The molecule has 1 saturated carbocycles. The Morgan fingerprint density at radius 1 is 1.12 bits per heavy atom. The maximum Gasteiger partial charge on any atom is 0.125 e. The van der Waals surface area contributed by atoms with Crippen LogP contribution in [-0.2, 0) is 11.8 Å². The third kappa shape index (κ3) is 2.42. The van der Waals surface area contributed by atoms with Gasteiger partial charge in [-0.05, 0) is 44.6 Å². The van der Waals surface area contributed by atoms with Gasteiger partial charge in [0.1, 0.15) is 5.82 Å². The van der Waals surface area contributed by atoms with Crippen LogP contribution >= 0.6 is 0 Å². The standard InChI is InChI=1S/C14H22N2/c1-9-12(8-11-6-7-11)13(14(3,4)5)16-10(2)15-9/h11H,6-8H2,1-5H3. The van der Waals surface area contributed by atoms with Crippen molar-refractivity contribution < 1.29 is 0 Å². The van der Waals surface area contributed by atoms with Gasteiger partial charge in [0.05, 0.1) is 5.69 Å². The van der Waals surface area contributed by atoms with Crippen LogP contribution in [0.5, 0.6) is 0 Å². The van der Waals surface area contributed by atoms with Crippen LogP contribution in [0.15, 0.2) is 0 Å². The summed E-state index contributed by atoms with van der Waals surface area (Å²) >= 11 is 0. The molecular weight excluding hydrogens is 196 g/mol. The van der Waals surface area contributed by atoms with E-state index in [9.17, 15) is 0 Å². The first-order valence-corrected chi connectivity index (χ1v) is 6.22. The highest BCUT2D eigenvalue weighted by atomic mass is 14.9. The molecule has 1 aliphatic rings. The lowest BCUT2D eigenvalue weighted by atomic mass is 9.86. The predicted octanol–water partition coefficient (Wildman–Crippen LogP) is 3.34. The van der Waals surface area contributed by atoms with Crippen molar-refractivity contribution in [2.45, 2.75) is 59.3 Å². The molecule has 1 heterocycles. The van der Waals surface area contributed by atoms with Crippen LogP contribution in [0, 0.1) is 19.8 Å². The van der Waals surface area contributed by atoms with Crippen molar-refractivity contribution in [2.75, 3.05) is 0 Å². The van der Waals surface area contributed by atoms with Gasteiger partial charge in [-0.25, -0.2) is 9.97 Å². The van der Waals surface area contributed by atoms with Gasteiger partial charge in [0.25, 0.3) is 0 Å². The van der Waals surface area contributed by atoms with Gasteiger partial charge in [0.2, 0.25) is 0 Å². The minimum Gasteiger partial charge on any atom is -0.238 e. The van der Waals surface area contributed by atoms with E-state index in [1.807, 2.05) is 6.92 Å². The molecule has 2 rings (SSSR count). The minimum atomic E-state index is 0.128. The Bertz CT molecular complexity index is 398. The molecule has 0 spiro atoms. The van der Waals surface area contributed by atoms with Gasteiger partial charge >= 0.3 is 0 Å². The van der Waals surface area contributed by atoms with E-state index in [4.69, 9.17) is 0 Å². The van der Waals surface area contributed by atoms with Crippen molar-refractivity contribution in [3.8, 4) is 0 Å². The molecule has 0 amide bonds. The van der Waals surface area contributed by atoms with E-state index in [2.05, 4.69) is 37.7 Å². The lowest BCUT2D eigenvalue weighted by Crippen LogP contribution is -2.19. The highest BCUT2D eigenvalue weighted by Crippen LogP contribution is 2.36. The molecule has 0 radical (unpaired) electrons. The van der Waals surface area contributed by atoms with Crippen molar-refractivity contribution in [1.29, 1.82) is 0 Å². The maximum absolute atomic E-state index is 4.67. The van der Waals surface area contributed by atoms with Crippen molar-refractivity contribution in [1.82, 2.24) is 9.97 Å². The monoisotopic (exact) mass is 218 g/mol. The van der Waals surface area contributed by atoms with Crippen molar-refractivity contribution in [3.63, 3.8) is 0 Å². The van der Waals surface area contributed by atoms with Gasteiger partial charge in [-0.2, -0.15) is 0 Å². The Labute approximate surface area is 98.5 Å². The Kier molecular flexibility index (Phi) is 2.77. The zero-order chi connectivity index (χ0) is 11.9. The average molecular weight is 218 g/mol. The second-order valence-corrected chi connectivity index (χ2v) is 6.08. The van der Waals surface area contributed by atoms with E-state index in [1.54, 1.807) is 0 Å². The van der Waals surface area contributed by atoms with Crippen LogP contribution < -0.4 is 0 Å². The lowest BCUT2D eigenvalue weighted by molar-refractivity contribution is 0.549. The number of rotatable bonds is 2. The number of aromatic nitrogens is 2. The molecule has 1 aromatic rings. The zero-order valence-electron chi connectivity index (χ0n) is 11.1. The summed E-state index contributed by atoms with van der Waals surface area (Å²) in [6.45, 7) is 10.8.